The minimum Gasteiger partial charge on any atom is -0.304 e. The molecule has 3 aromatic heterocycles. The van der Waals surface area contributed by atoms with E-state index in [-0.39, 0.29) is 0 Å². The molecule has 3 aromatic carbocycles. The Kier molecular flexibility index (Phi) is 2.95. The van der Waals surface area contributed by atoms with Crippen molar-refractivity contribution in [3.63, 3.8) is 0 Å². The standard InChI is InChI=1S/C25H20N3/c1-15-8-6-12-20-22(15)26-14-27(3)25(20)23-16(2)17-10-7-11-19-18-9-4-5-13-21(18)28(23)24(17)19/h4-14H,1-3H3/q+1. The Morgan fingerprint density at radius 1 is 0.786 bits per heavy atom. The van der Waals surface area contributed by atoms with Gasteiger partial charge in [-0.1, -0.05) is 48.5 Å². The van der Waals surface area contributed by atoms with Gasteiger partial charge in [-0.25, -0.2) is 4.57 Å². The average molecular weight is 362 g/mol. The first-order valence-electron chi connectivity index (χ1n) is 9.65. The minimum atomic E-state index is 1.07. The van der Waals surface area contributed by atoms with Crippen molar-refractivity contribution < 1.29 is 4.57 Å². The summed E-state index contributed by atoms with van der Waals surface area (Å²) in [7, 11) is 2.09. The first kappa shape index (κ1) is 15.6. The summed E-state index contributed by atoms with van der Waals surface area (Å²) < 4.78 is 4.61. The van der Waals surface area contributed by atoms with Crippen molar-refractivity contribution in [1.29, 1.82) is 0 Å². The first-order chi connectivity index (χ1) is 13.7. The number of benzene rings is 3. The summed E-state index contributed by atoms with van der Waals surface area (Å²) in [6.45, 7) is 4.38. The van der Waals surface area contributed by atoms with Gasteiger partial charge in [-0.05, 0) is 36.5 Å². The van der Waals surface area contributed by atoms with Crippen LogP contribution in [0.25, 0.3) is 49.5 Å². The van der Waals surface area contributed by atoms with Crippen LogP contribution in [0.1, 0.15) is 11.1 Å². The number of fused-ring (bicyclic) bond motifs is 4. The van der Waals surface area contributed by atoms with Crippen LogP contribution in [-0.2, 0) is 7.05 Å². The van der Waals surface area contributed by atoms with E-state index in [0.717, 1.165) is 5.52 Å². The molecule has 3 heterocycles. The fraction of sp³-hybridized carbons (Fsp3) is 0.120. The van der Waals surface area contributed by atoms with Crippen LogP contribution < -0.4 is 4.57 Å². The molecule has 6 rings (SSSR count). The summed E-state index contributed by atoms with van der Waals surface area (Å²) >= 11 is 0. The Bertz CT molecular complexity index is 1540. The Morgan fingerprint density at radius 3 is 2.39 bits per heavy atom. The van der Waals surface area contributed by atoms with Crippen LogP contribution in [0, 0.1) is 13.8 Å². The molecular formula is C25H20N3+. The van der Waals surface area contributed by atoms with Gasteiger partial charge in [-0.15, -0.1) is 0 Å². The molecular weight excluding hydrogens is 342 g/mol. The maximum Gasteiger partial charge on any atom is 0.287 e. The summed E-state index contributed by atoms with van der Waals surface area (Å²) in [5.41, 5.74) is 8.63. The van der Waals surface area contributed by atoms with Crippen molar-refractivity contribution in [3.05, 3.63) is 78.1 Å². The van der Waals surface area contributed by atoms with Crippen LogP contribution in [0.4, 0.5) is 0 Å². The van der Waals surface area contributed by atoms with Gasteiger partial charge in [0.1, 0.15) is 0 Å². The van der Waals surface area contributed by atoms with Crippen LogP contribution in [0.15, 0.2) is 67.0 Å². The molecule has 0 fully saturated rings. The summed E-state index contributed by atoms with van der Waals surface area (Å²) in [5, 5.41) is 5.14. The molecule has 134 valence electrons. The molecule has 0 aliphatic rings. The van der Waals surface area contributed by atoms with Gasteiger partial charge in [-0.3, -0.25) is 0 Å². The summed E-state index contributed by atoms with van der Waals surface area (Å²) in [4.78, 5) is 4.72. The summed E-state index contributed by atoms with van der Waals surface area (Å²) in [6.07, 6.45) is 1.94. The molecule has 0 bridgehead atoms. The molecule has 0 aliphatic carbocycles. The highest BCUT2D eigenvalue weighted by atomic mass is 15.0. The smallest absolute Gasteiger partial charge is 0.287 e. The molecule has 0 amide bonds. The Labute approximate surface area is 162 Å². The second-order valence-corrected chi connectivity index (χ2v) is 7.70. The van der Waals surface area contributed by atoms with Crippen molar-refractivity contribution in [3.8, 4) is 11.4 Å². The number of nitrogens with zero attached hydrogens (tertiary/aromatic N) is 3. The number of hydrogen-bond donors (Lipinski definition) is 0. The topological polar surface area (TPSA) is 21.2 Å². The molecule has 0 N–H and O–H groups in total. The van der Waals surface area contributed by atoms with Crippen molar-refractivity contribution >= 4 is 38.1 Å². The van der Waals surface area contributed by atoms with E-state index < -0.39 is 0 Å². The third-order valence-electron chi connectivity index (χ3n) is 6.11. The molecule has 0 saturated heterocycles. The third kappa shape index (κ3) is 1.79. The lowest BCUT2D eigenvalue weighted by molar-refractivity contribution is -0.662. The quantitative estimate of drug-likeness (QED) is 0.362. The lowest BCUT2D eigenvalue weighted by Gasteiger charge is -2.09. The zero-order valence-electron chi connectivity index (χ0n) is 16.2. The van der Waals surface area contributed by atoms with Crippen molar-refractivity contribution in [2.45, 2.75) is 13.8 Å². The van der Waals surface area contributed by atoms with Gasteiger partial charge in [0.2, 0.25) is 0 Å². The van der Waals surface area contributed by atoms with Gasteiger partial charge in [0.05, 0.1) is 29.2 Å². The molecule has 0 radical (unpaired) electrons. The fourth-order valence-corrected chi connectivity index (χ4v) is 4.84. The third-order valence-corrected chi connectivity index (χ3v) is 6.11. The summed E-state index contributed by atoms with van der Waals surface area (Å²) in [6, 6.07) is 21.8. The highest BCUT2D eigenvalue weighted by molar-refractivity contribution is 6.17. The summed E-state index contributed by atoms with van der Waals surface area (Å²) in [5.74, 6) is 0. The van der Waals surface area contributed by atoms with Gasteiger partial charge in [0.15, 0.2) is 11.2 Å². The predicted molar refractivity (Wildman–Crippen MR) is 115 cm³/mol. The SMILES string of the molecule is Cc1c(-c2c3cccc(C)c3nc[n+]2C)n2c3ccccc3c3cccc1c32. The van der Waals surface area contributed by atoms with Crippen LogP contribution in [0.2, 0.25) is 0 Å². The molecule has 0 unspecified atom stereocenters. The van der Waals surface area contributed by atoms with E-state index in [1.165, 1.54) is 55.1 Å². The molecule has 28 heavy (non-hydrogen) atoms. The highest BCUT2D eigenvalue weighted by Crippen LogP contribution is 2.41. The number of para-hydroxylation sites is 3. The second kappa shape index (κ2) is 5.29. The molecule has 3 heteroatoms. The lowest BCUT2D eigenvalue weighted by Crippen LogP contribution is -2.32. The molecule has 0 spiro atoms. The zero-order valence-corrected chi connectivity index (χ0v) is 16.2. The average Bonchev–Trinajstić information content (AvgIpc) is 3.19. The fourth-order valence-electron chi connectivity index (χ4n) is 4.84. The van der Waals surface area contributed by atoms with Crippen LogP contribution >= 0.6 is 0 Å². The number of aryl methyl sites for hydroxylation is 3. The highest BCUT2D eigenvalue weighted by Gasteiger charge is 2.25. The van der Waals surface area contributed by atoms with Crippen molar-refractivity contribution in [2.24, 2.45) is 7.05 Å². The van der Waals surface area contributed by atoms with Crippen LogP contribution in [-0.4, -0.2) is 9.38 Å². The molecule has 0 aliphatic heterocycles. The van der Waals surface area contributed by atoms with E-state index in [1.807, 2.05) is 6.33 Å². The largest absolute Gasteiger partial charge is 0.304 e. The first-order valence-corrected chi connectivity index (χ1v) is 9.65. The van der Waals surface area contributed by atoms with Crippen molar-refractivity contribution in [2.75, 3.05) is 0 Å². The predicted octanol–water partition coefficient (Wildman–Crippen LogP) is 5.34. The molecule has 0 atom stereocenters. The Balaban J connectivity index is 1.92. The zero-order chi connectivity index (χ0) is 19.0. The van der Waals surface area contributed by atoms with Gasteiger partial charge >= 0.3 is 0 Å². The molecule has 0 saturated carbocycles. The second-order valence-electron chi connectivity index (χ2n) is 7.70. The van der Waals surface area contributed by atoms with Gasteiger partial charge in [0.25, 0.3) is 6.33 Å². The van der Waals surface area contributed by atoms with Crippen molar-refractivity contribution in [1.82, 2.24) is 9.38 Å². The minimum absolute atomic E-state index is 1.07. The van der Waals surface area contributed by atoms with Gasteiger partial charge in [-0.2, -0.15) is 0 Å². The maximum atomic E-state index is 4.72. The van der Waals surface area contributed by atoms with E-state index in [1.54, 1.807) is 0 Å². The van der Waals surface area contributed by atoms with E-state index >= 15 is 0 Å². The van der Waals surface area contributed by atoms with E-state index in [9.17, 15) is 0 Å². The van der Waals surface area contributed by atoms with Crippen LogP contribution in [0.3, 0.4) is 0 Å². The Hall–Kier alpha value is -3.46. The maximum absolute atomic E-state index is 4.72. The number of rotatable bonds is 1. The van der Waals surface area contributed by atoms with Crippen LogP contribution in [0.5, 0.6) is 0 Å². The lowest BCUT2D eigenvalue weighted by atomic mass is 10.0. The van der Waals surface area contributed by atoms with E-state index in [0.29, 0.717) is 0 Å². The monoisotopic (exact) mass is 362 g/mol. The number of aromatic nitrogens is 3. The van der Waals surface area contributed by atoms with Gasteiger partial charge < -0.3 is 4.40 Å². The van der Waals surface area contributed by atoms with Gasteiger partial charge in [0, 0.05) is 21.7 Å². The Morgan fingerprint density at radius 2 is 1.50 bits per heavy atom. The normalized spacial score (nSPS) is 12.1. The molecule has 6 aromatic rings. The molecule has 3 nitrogen and oxygen atoms in total. The van der Waals surface area contributed by atoms with E-state index in [2.05, 4.69) is 90.5 Å². The van der Waals surface area contributed by atoms with E-state index in [4.69, 9.17) is 4.98 Å². The number of hydrogen-bond acceptors (Lipinski definition) is 1.